The predicted octanol–water partition coefficient (Wildman–Crippen LogP) is 4.03. The summed E-state index contributed by atoms with van der Waals surface area (Å²) in [7, 11) is 0. The van der Waals surface area contributed by atoms with E-state index in [4.69, 9.17) is 21.1 Å². The molecule has 0 bridgehead atoms. The lowest BCUT2D eigenvalue weighted by Crippen LogP contribution is -2.35. The van der Waals surface area contributed by atoms with Gasteiger partial charge in [0.25, 0.3) is 0 Å². The molecule has 0 fully saturated rings. The summed E-state index contributed by atoms with van der Waals surface area (Å²) >= 11 is 6.23. The minimum atomic E-state index is 0.0931. The van der Waals surface area contributed by atoms with Crippen molar-refractivity contribution in [2.45, 2.75) is 52.8 Å². The Morgan fingerprint density at radius 2 is 1.90 bits per heavy atom. The van der Waals surface area contributed by atoms with E-state index in [0.717, 1.165) is 12.1 Å². The van der Waals surface area contributed by atoms with E-state index in [1.54, 1.807) is 0 Å². The zero-order valence-electron chi connectivity index (χ0n) is 13.1. The van der Waals surface area contributed by atoms with Crippen molar-refractivity contribution in [3.8, 4) is 5.75 Å². The van der Waals surface area contributed by atoms with Crippen LogP contribution < -0.4 is 10.1 Å². The maximum absolute atomic E-state index is 6.23. The summed E-state index contributed by atoms with van der Waals surface area (Å²) < 4.78 is 11.0. The molecule has 0 aliphatic carbocycles. The molecule has 114 valence electrons. The van der Waals surface area contributed by atoms with Gasteiger partial charge in [-0.05, 0) is 52.3 Å². The fourth-order valence-corrected chi connectivity index (χ4v) is 1.83. The van der Waals surface area contributed by atoms with Crippen molar-refractivity contribution in [3.63, 3.8) is 0 Å². The van der Waals surface area contributed by atoms with Crippen LogP contribution in [0.5, 0.6) is 5.75 Å². The molecule has 1 aromatic rings. The van der Waals surface area contributed by atoms with Crippen molar-refractivity contribution in [2.75, 3.05) is 13.2 Å². The molecule has 0 saturated carbocycles. The fourth-order valence-electron chi connectivity index (χ4n) is 1.57. The monoisotopic (exact) mass is 299 g/mol. The highest BCUT2D eigenvalue weighted by molar-refractivity contribution is 6.32. The molecule has 0 atom stereocenters. The van der Waals surface area contributed by atoms with Crippen LogP contribution in [0, 0.1) is 0 Å². The molecule has 0 aromatic heterocycles. The Bertz CT molecular complexity index is 413. The smallest absolute Gasteiger partial charge is 0.138 e. The Labute approximate surface area is 127 Å². The van der Waals surface area contributed by atoms with Gasteiger partial charge in [0, 0.05) is 12.1 Å². The number of nitrogens with one attached hydrogen (secondary N) is 1. The SMILES string of the molecule is CC(C)OCCOc1ccc(CNC(C)(C)C)cc1Cl. The van der Waals surface area contributed by atoms with Crippen LogP contribution in [0.2, 0.25) is 5.02 Å². The van der Waals surface area contributed by atoms with E-state index in [9.17, 15) is 0 Å². The van der Waals surface area contributed by atoms with Crippen LogP contribution in [0.1, 0.15) is 40.2 Å². The first-order valence-corrected chi connectivity index (χ1v) is 7.43. The van der Waals surface area contributed by atoms with Gasteiger partial charge in [-0.3, -0.25) is 0 Å². The van der Waals surface area contributed by atoms with Crippen LogP contribution in [0.4, 0.5) is 0 Å². The third-order valence-corrected chi connectivity index (χ3v) is 2.91. The number of benzene rings is 1. The molecule has 0 saturated heterocycles. The third-order valence-electron chi connectivity index (χ3n) is 2.61. The van der Waals surface area contributed by atoms with Crippen molar-refractivity contribution in [2.24, 2.45) is 0 Å². The summed E-state index contributed by atoms with van der Waals surface area (Å²) in [5.74, 6) is 0.707. The lowest BCUT2D eigenvalue weighted by Gasteiger charge is -2.20. The number of halogens is 1. The van der Waals surface area contributed by atoms with E-state index in [2.05, 4.69) is 26.1 Å². The van der Waals surface area contributed by atoms with Gasteiger partial charge in [0.05, 0.1) is 17.7 Å². The van der Waals surface area contributed by atoms with Gasteiger partial charge in [0.15, 0.2) is 0 Å². The van der Waals surface area contributed by atoms with E-state index >= 15 is 0 Å². The summed E-state index contributed by atoms with van der Waals surface area (Å²) in [5.41, 5.74) is 1.24. The summed E-state index contributed by atoms with van der Waals surface area (Å²) in [6.07, 6.45) is 0.222. The maximum Gasteiger partial charge on any atom is 0.138 e. The van der Waals surface area contributed by atoms with Crippen LogP contribution in [0.25, 0.3) is 0 Å². The molecule has 0 aliphatic heterocycles. The number of hydrogen-bond donors (Lipinski definition) is 1. The molecule has 0 aliphatic rings. The lowest BCUT2D eigenvalue weighted by atomic mass is 10.1. The van der Waals surface area contributed by atoms with Gasteiger partial charge in [-0.15, -0.1) is 0 Å². The molecular formula is C16H26ClNO2. The fraction of sp³-hybridized carbons (Fsp3) is 0.625. The molecule has 1 N–H and O–H groups in total. The van der Waals surface area contributed by atoms with Gasteiger partial charge in [-0.2, -0.15) is 0 Å². The molecule has 20 heavy (non-hydrogen) atoms. The number of rotatable bonds is 7. The topological polar surface area (TPSA) is 30.5 Å². The minimum Gasteiger partial charge on any atom is -0.490 e. The zero-order valence-corrected chi connectivity index (χ0v) is 13.9. The molecule has 1 aromatic carbocycles. The third kappa shape index (κ3) is 7.13. The van der Waals surface area contributed by atoms with E-state index in [1.807, 2.05) is 32.0 Å². The Kier molecular flexibility index (Phi) is 6.80. The molecule has 0 amide bonds. The Morgan fingerprint density at radius 1 is 1.20 bits per heavy atom. The number of hydrogen-bond acceptors (Lipinski definition) is 3. The maximum atomic E-state index is 6.23. The first-order chi connectivity index (χ1) is 9.28. The quantitative estimate of drug-likeness (QED) is 0.771. The van der Waals surface area contributed by atoms with E-state index < -0.39 is 0 Å². The van der Waals surface area contributed by atoms with Crippen molar-refractivity contribution >= 4 is 11.6 Å². The Balaban J connectivity index is 2.47. The minimum absolute atomic E-state index is 0.0931. The van der Waals surface area contributed by atoms with Crippen LogP contribution in [-0.4, -0.2) is 24.9 Å². The second-order valence-corrected chi connectivity index (χ2v) is 6.54. The summed E-state index contributed by atoms with van der Waals surface area (Å²) in [6, 6.07) is 5.89. The Hall–Kier alpha value is -0.770. The highest BCUT2D eigenvalue weighted by atomic mass is 35.5. The van der Waals surface area contributed by atoms with Gasteiger partial charge in [0.1, 0.15) is 12.4 Å². The van der Waals surface area contributed by atoms with Crippen LogP contribution >= 0.6 is 11.6 Å². The van der Waals surface area contributed by atoms with E-state index in [1.165, 1.54) is 0 Å². The van der Waals surface area contributed by atoms with Gasteiger partial charge < -0.3 is 14.8 Å². The molecule has 1 rings (SSSR count). The molecule has 4 heteroatoms. The van der Waals surface area contributed by atoms with Gasteiger partial charge >= 0.3 is 0 Å². The average Bonchev–Trinajstić information content (AvgIpc) is 2.33. The molecule has 3 nitrogen and oxygen atoms in total. The predicted molar refractivity (Wildman–Crippen MR) is 84.6 cm³/mol. The standard InChI is InChI=1S/C16H26ClNO2/c1-12(2)19-8-9-20-15-7-6-13(10-14(15)17)11-18-16(3,4)5/h6-7,10,12,18H,8-9,11H2,1-5H3. The molecule has 0 heterocycles. The Morgan fingerprint density at radius 3 is 2.45 bits per heavy atom. The van der Waals surface area contributed by atoms with E-state index in [-0.39, 0.29) is 11.6 Å². The highest BCUT2D eigenvalue weighted by Gasteiger charge is 2.09. The van der Waals surface area contributed by atoms with Crippen molar-refractivity contribution in [1.29, 1.82) is 0 Å². The molecular weight excluding hydrogens is 274 g/mol. The highest BCUT2D eigenvalue weighted by Crippen LogP contribution is 2.25. The zero-order chi connectivity index (χ0) is 15.2. The number of ether oxygens (including phenoxy) is 2. The van der Waals surface area contributed by atoms with Gasteiger partial charge in [-0.25, -0.2) is 0 Å². The lowest BCUT2D eigenvalue weighted by molar-refractivity contribution is 0.0553. The second kappa shape index (κ2) is 7.87. The van der Waals surface area contributed by atoms with Crippen molar-refractivity contribution in [3.05, 3.63) is 28.8 Å². The van der Waals surface area contributed by atoms with Crippen molar-refractivity contribution < 1.29 is 9.47 Å². The normalized spacial score (nSPS) is 11.9. The van der Waals surface area contributed by atoms with Crippen molar-refractivity contribution in [1.82, 2.24) is 5.32 Å². The molecule has 0 radical (unpaired) electrons. The van der Waals surface area contributed by atoms with Crippen LogP contribution in [0.3, 0.4) is 0 Å². The van der Waals surface area contributed by atoms with Gasteiger partial charge in [-0.1, -0.05) is 17.7 Å². The molecule has 0 spiro atoms. The van der Waals surface area contributed by atoms with E-state index in [0.29, 0.717) is 24.0 Å². The first-order valence-electron chi connectivity index (χ1n) is 7.06. The van der Waals surface area contributed by atoms with Crippen LogP contribution in [0.15, 0.2) is 18.2 Å². The summed E-state index contributed by atoms with van der Waals surface area (Å²) in [6.45, 7) is 12.3. The first kappa shape index (κ1) is 17.3. The molecule has 0 unspecified atom stereocenters. The summed E-state index contributed by atoms with van der Waals surface area (Å²) in [4.78, 5) is 0. The van der Waals surface area contributed by atoms with Gasteiger partial charge in [0.2, 0.25) is 0 Å². The summed E-state index contributed by atoms with van der Waals surface area (Å²) in [5, 5.41) is 4.07. The largest absolute Gasteiger partial charge is 0.490 e. The van der Waals surface area contributed by atoms with Crippen LogP contribution in [-0.2, 0) is 11.3 Å². The average molecular weight is 300 g/mol. The second-order valence-electron chi connectivity index (χ2n) is 6.14.